The quantitative estimate of drug-likeness (QED) is 0.646. The van der Waals surface area contributed by atoms with E-state index in [1.165, 1.54) is 11.9 Å². The van der Waals surface area contributed by atoms with Crippen LogP contribution in [0.3, 0.4) is 0 Å². The molecule has 3 aromatic rings. The van der Waals surface area contributed by atoms with Crippen LogP contribution in [0.2, 0.25) is 5.02 Å². The van der Waals surface area contributed by atoms with E-state index in [1.54, 1.807) is 36.4 Å². The van der Waals surface area contributed by atoms with Gasteiger partial charge in [-0.05, 0) is 42.5 Å². The van der Waals surface area contributed by atoms with Crippen LogP contribution >= 0.6 is 11.6 Å². The van der Waals surface area contributed by atoms with E-state index in [2.05, 4.69) is 5.32 Å². The number of carbonyl (C=O) groups is 2. The average molecular weight is 399 g/mol. The first kappa shape index (κ1) is 19.5. The van der Waals surface area contributed by atoms with Crippen LogP contribution in [0.15, 0.2) is 71.1 Å². The van der Waals surface area contributed by atoms with Crippen molar-refractivity contribution in [2.24, 2.45) is 0 Å². The molecule has 0 saturated heterocycles. The molecule has 6 nitrogen and oxygen atoms in total. The van der Waals surface area contributed by atoms with E-state index in [9.17, 15) is 9.59 Å². The second-order valence-electron chi connectivity index (χ2n) is 6.09. The minimum atomic E-state index is -0.396. The number of nitrogens with one attached hydrogen (secondary N) is 1. The lowest BCUT2D eigenvalue weighted by molar-refractivity contribution is -0.116. The minimum absolute atomic E-state index is 0.123. The van der Waals surface area contributed by atoms with Crippen molar-refractivity contribution in [3.05, 3.63) is 83.3 Å². The molecule has 28 heavy (non-hydrogen) atoms. The molecule has 0 aliphatic heterocycles. The Kier molecular flexibility index (Phi) is 6.34. The van der Waals surface area contributed by atoms with Crippen molar-refractivity contribution < 1.29 is 18.7 Å². The summed E-state index contributed by atoms with van der Waals surface area (Å²) in [5.74, 6) is 0.639. The number of hydrogen-bond acceptors (Lipinski definition) is 4. The topological polar surface area (TPSA) is 71.8 Å². The van der Waals surface area contributed by atoms with Gasteiger partial charge in [0.25, 0.3) is 5.91 Å². The third kappa shape index (κ3) is 5.37. The number of carbonyl (C=O) groups excluding carboxylic acids is 2. The Morgan fingerprint density at radius 3 is 2.61 bits per heavy atom. The van der Waals surface area contributed by atoms with Crippen molar-refractivity contribution in [3.63, 3.8) is 0 Å². The van der Waals surface area contributed by atoms with Gasteiger partial charge >= 0.3 is 0 Å². The third-order valence-electron chi connectivity index (χ3n) is 3.83. The van der Waals surface area contributed by atoms with Gasteiger partial charge in [-0.3, -0.25) is 9.59 Å². The first-order chi connectivity index (χ1) is 13.5. The molecule has 2 amide bonds. The van der Waals surface area contributed by atoms with Crippen molar-refractivity contribution in [1.82, 2.24) is 4.90 Å². The van der Waals surface area contributed by atoms with E-state index >= 15 is 0 Å². The maximum absolute atomic E-state index is 12.5. The number of ether oxygens (including phenoxy) is 1. The number of halogens is 1. The second-order valence-corrected chi connectivity index (χ2v) is 6.52. The number of amides is 2. The highest BCUT2D eigenvalue weighted by Crippen LogP contribution is 2.16. The number of likely N-dealkylation sites (N-methyl/N-ethyl adjacent to an activating group) is 1. The molecular weight excluding hydrogens is 380 g/mol. The number of nitrogens with zero attached hydrogens (tertiary/aromatic N) is 1. The van der Waals surface area contributed by atoms with E-state index in [-0.39, 0.29) is 24.8 Å². The lowest BCUT2D eigenvalue weighted by Crippen LogP contribution is -2.34. The summed E-state index contributed by atoms with van der Waals surface area (Å²) in [6, 6.07) is 19.3. The fraction of sp³-hybridized carbons (Fsp3) is 0.143. The van der Waals surface area contributed by atoms with Gasteiger partial charge in [0, 0.05) is 17.8 Å². The van der Waals surface area contributed by atoms with Crippen LogP contribution < -0.4 is 10.1 Å². The molecule has 0 aliphatic rings. The number of furan rings is 1. The van der Waals surface area contributed by atoms with Crippen molar-refractivity contribution >= 4 is 29.1 Å². The zero-order valence-corrected chi connectivity index (χ0v) is 16.0. The molecule has 0 radical (unpaired) electrons. The zero-order valence-electron chi connectivity index (χ0n) is 15.2. The van der Waals surface area contributed by atoms with Crippen LogP contribution in [0.25, 0.3) is 0 Å². The Morgan fingerprint density at radius 2 is 1.86 bits per heavy atom. The van der Waals surface area contributed by atoms with Crippen molar-refractivity contribution in [2.45, 2.75) is 6.61 Å². The number of hydrogen-bond donors (Lipinski definition) is 1. The summed E-state index contributed by atoms with van der Waals surface area (Å²) < 4.78 is 11.1. The minimum Gasteiger partial charge on any atom is -0.486 e. The van der Waals surface area contributed by atoms with E-state index in [1.807, 2.05) is 30.3 Å². The summed E-state index contributed by atoms with van der Waals surface area (Å²) in [5.41, 5.74) is 0.566. The Bertz CT molecular complexity index is 956. The molecule has 0 atom stereocenters. The molecule has 1 heterocycles. The van der Waals surface area contributed by atoms with Gasteiger partial charge in [0.15, 0.2) is 5.76 Å². The van der Waals surface area contributed by atoms with E-state index in [0.717, 1.165) is 0 Å². The average Bonchev–Trinajstić information content (AvgIpc) is 3.15. The predicted octanol–water partition coefficient (Wildman–Crippen LogP) is 4.22. The normalized spacial score (nSPS) is 10.4. The smallest absolute Gasteiger partial charge is 0.289 e. The molecule has 0 fully saturated rings. The Balaban J connectivity index is 1.53. The molecule has 1 N–H and O–H groups in total. The summed E-state index contributed by atoms with van der Waals surface area (Å²) in [7, 11) is 1.53. The first-order valence-electron chi connectivity index (χ1n) is 8.59. The first-order valence-corrected chi connectivity index (χ1v) is 8.96. The summed E-state index contributed by atoms with van der Waals surface area (Å²) in [5, 5.41) is 3.21. The summed E-state index contributed by atoms with van der Waals surface area (Å²) in [6.45, 7) is 0.0815. The van der Waals surface area contributed by atoms with E-state index in [4.69, 9.17) is 20.8 Å². The van der Waals surface area contributed by atoms with Gasteiger partial charge < -0.3 is 19.4 Å². The summed E-state index contributed by atoms with van der Waals surface area (Å²) >= 11 is 5.89. The number of anilines is 1. The van der Waals surface area contributed by atoms with Gasteiger partial charge in [-0.15, -0.1) is 0 Å². The molecule has 0 unspecified atom stereocenters. The highest BCUT2D eigenvalue weighted by atomic mass is 35.5. The summed E-state index contributed by atoms with van der Waals surface area (Å²) in [4.78, 5) is 25.9. The van der Waals surface area contributed by atoms with Crippen molar-refractivity contribution in [2.75, 3.05) is 18.9 Å². The lowest BCUT2D eigenvalue weighted by atomic mass is 10.3. The molecule has 0 saturated carbocycles. The molecule has 1 aromatic heterocycles. The van der Waals surface area contributed by atoms with Gasteiger partial charge in [0.1, 0.15) is 18.1 Å². The molecule has 0 spiro atoms. The van der Waals surface area contributed by atoms with Crippen LogP contribution in [-0.2, 0) is 11.4 Å². The largest absolute Gasteiger partial charge is 0.486 e. The number of para-hydroxylation sites is 1. The van der Waals surface area contributed by atoms with E-state index < -0.39 is 5.91 Å². The lowest BCUT2D eigenvalue weighted by Gasteiger charge is -2.15. The van der Waals surface area contributed by atoms with Gasteiger partial charge in [0.05, 0.1) is 6.54 Å². The van der Waals surface area contributed by atoms with Gasteiger partial charge in [0.2, 0.25) is 5.91 Å². The zero-order chi connectivity index (χ0) is 19.9. The molecular formula is C21H19ClN2O4. The maximum atomic E-state index is 12.5. The monoisotopic (exact) mass is 398 g/mol. The summed E-state index contributed by atoms with van der Waals surface area (Å²) in [6.07, 6.45) is 0. The number of rotatable bonds is 7. The third-order valence-corrected chi connectivity index (χ3v) is 4.07. The molecule has 0 aliphatic carbocycles. The Morgan fingerprint density at radius 1 is 1.07 bits per heavy atom. The van der Waals surface area contributed by atoms with Crippen LogP contribution in [0.4, 0.5) is 5.69 Å². The van der Waals surface area contributed by atoms with Crippen LogP contribution in [-0.4, -0.2) is 30.3 Å². The molecule has 0 bridgehead atoms. The predicted molar refractivity (Wildman–Crippen MR) is 107 cm³/mol. The van der Waals surface area contributed by atoms with Crippen LogP contribution in [0.5, 0.6) is 5.75 Å². The molecule has 7 heteroatoms. The fourth-order valence-electron chi connectivity index (χ4n) is 2.48. The standard InChI is InChI=1S/C21H19ClN2O4/c1-24(13-20(25)23-16-7-5-6-15(22)12-16)21(26)19-11-10-18(28-19)14-27-17-8-3-2-4-9-17/h2-12H,13-14H2,1H3,(H,23,25). The fourth-order valence-corrected chi connectivity index (χ4v) is 2.67. The van der Waals surface area contributed by atoms with E-state index in [0.29, 0.717) is 22.2 Å². The highest BCUT2D eigenvalue weighted by molar-refractivity contribution is 6.30. The van der Waals surface area contributed by atoms with Crippen molar-refractivity contribution in [1.29, 1.82) is 0 Å². The maximum Gasteiger partial charge on any atom is 0.289 e. The Labute approximate surface area is 167 Å². The molecule has 2 aromatic carbocycles. The van der Waals surface area contributed by atoms with Gasteiger partial charge in [-0.25, -0.2) is 0 Å². The van der Waals surface area contributed by atoms with Crippen molar-refractivity contribution in [3.8, 4) is 5.75 Å². The van der Waals surface area contributed by atoms with Crippen LogP contribution in [0, 0.1) is 0 Å². The molecule has 3 rings (SSSR count). The van der Waals surface area contributed by atoms with Gasteiger partial charge in [-0.1, -0.05) is 35.9 Å². The Hall–Kier alpha value is -3.25. The van der Waals surface area contributed by atoms with Crippen LogP contribution in [0.1, 0.15) is 16.3 Å². The molecule has 144 valence electrons. The SMILES string of the molecule is CN(CC(=O)Nc1cccc(Cl)c1)C(=O)c1ccc(COc2ccccc2)o1. The highest BCUT2D eigenvalue weighted by Gasteiger charge is 2.18. The second kappa shape index (κ2) is 9.10. The number of benzene rings is 2. The van der Waals surface area contributed by atoms with Gasteiger partial charge in [-0.2, -0.15) is 0 Å².